The van der Waals surface area contributed by atoms with Gasteiger partial charge in [0, 0.05) is 143 Å². The number of hydrogen-bond acceptors (Lipinski definition) is 22. The SMILES string of the molecule is C=CC(=O)Cl.C=CC(=O)N1C[C@@H]2C[C@H]1[C@@H]2Cc1ncc2cc(-c3c(Cl)c(OC)cc(OC)c3Cl)ccc2n1.COc1cc(OC)c(Cl)c(-c2ccc3nc(Cl)ncc3c2)c1Cl.COc1cc(OC)c(Cl)c(-c2ccc3nc(NC4[C@@H]5CC[C@H]4C5)ncc3c2)c1Cl.COc1cc(OC)c(Cl)c(-c2ccc3nc(N[C@@H]4[C@@H]5CN[C@H]4C5)ncc3c2)c1Cl.NC1[C@@H]2CC[C@H]1C2. The lowest BCUT2D eigenvalue weighted by Crippen LogP contribution is -2.47. The van der Waals surface area contributed by atoms with Crippen LogP contribution in [0.25, 0.3) is 88.1 Å². The average molecular weight is 1900 g/mol. The molecule has 8 saturated carbocycles. The molecule has 4 aliphatic heterocycles. The highest BCUT2D eigenvalue weighted by Gasteiger charge is 2.53. The molecule has 0 radical (unpaired) electrons. The van der Waals surface area contributed by atoms with E-state index in [0.29, 0.717) is 162 Å². The van der Waals surface area contributed by atoms with Crippen LogP contribution in [0.1, 0.15) is 57.2 Å². The van der Waals surface area contributed by atoms with E-state index in [4.69, 9.17) is 170 Å². The molecule has 24 rings (SSSR count). The first-order chi connectivity index (χ1) is 60.8. The molecular formula is C93H89Cl10N13O10. The number of allylic oxidation sites excluding steroid dienone is 1. The van der Waals surface area contributed by atoms with Crippen LogP contribution in [0.15, 0.2) is 147 Å². The molecule has 8 bridgehead atoms. The van der Waals surface area contributed by atoms with Gasteiger partial charge in [-0.1, -0.05) is 130 Å². The fraction of sp³-hybridized carbons (Fsp3) is 0.333. The predicted molar refractivity (Wildman–Crippen MR) is 504 cm³/mol. The van der Waals surface area contributed by atoms with Crippen molar-refractivity contribution in [2.45, 2.75) is 88.0 Å². The summed E-state index contributed by atoms with van der Waals surface area (Å²) >= 11 is 62.8. The third-order valence-electron chi connectivity index (χ3n) is 25.2. The lowest BCUT2D eigenvalue weighted by atomic mass is 9.72. The highest BCUT2D eigenvalue weighted by molar-refractivity contribution is 6.66. The fourth-order valence-electron chi connectivity index (χ4n) is 18.2. The number of hydrogen-bond donors (Lipinski definition) is 4. The molecule has 8 aromatic carbocycles. The van der Waals surface area contributed by atoms with Crippen LogP contribution in [0.2, 0.25) is 45.5 Å². The van der Waals surface area contributed by atoms with E-state index in [-0.39, 0.29) is 17.2 Å². The number of fused-ring (bicyclic) bond motifs is 8. The Morgan fingerprint density at radius 2 is 0.786 bits per heavy atom. The Kier molecular flexibility index (Phi) is 28.7. The van der Waals surface area contributed by atoms with Crippen molar-refractivity contribution >= 4 is 183 Å². The van der Waals surface area contributed by atoms with Gasteiger partial charge in [0.25, 0.3) is 0 Å². The highest BCUT2D eigenvalue weighted by atomic mass is 35.5. The summed E-state index contributed by atoms with van der Waals surface area (Å²) in [6, 6.07) is 32.2. The molecule has 1 amide bonds. The summed E-state index contributed by atoms with van der Waals surface area (Å²) in [5.74, 6) is 11.2. The molecule has 126 heavy (non-hydrogen) atoms. The number of halogens is 10. The highest BCUT2D eigenvalue weighted by Crippen LogP contribution is 2.54. The third-order valence-corrected chi connectivity index (χ3v) is 28.5. The number of carbonyl (C=O) groups excluding carboxylic acids is 2. The molecule has 2 unspecified atom stereocenters. The van der Waals surface area contributed by atoms with Gasteiger partial charge in [-0.05, 0) is 199 Å². The molecule has 5 N–H and O–H groups in total. The average Bonchev–Trinajstić information content (AvgIpc) is 1.51. The van der Waals surface area contributed by atoms with Gasteiger partial charge < -0.3 is 64.5 Å². The molecule has 8 aliphatic carbocycles. The van der Waals surface area contributed by atoms with Crippen LogP contribution in [0.5, 0.6) is 46.0 Å². The van der Waals surface area contributed by atoms with Crippen LogP contribution < -0.4 is 59.6 Å². The van der Waals surface area contributed by atoms with Gasteiger partial charge in [-0.3, -0.25) is 9.59 Å². The Morgan fingerprint density at radius 3 is 1.11 bits per heavy atom. The van der Waals surface area contributed by atoms with E-state index in [2.05, 4.69) is 59.0 Å². The number of amides is 1. The van der Waals surface area contributed by atoms with E-state index in [1.54, 1.807) is 73.1 Å². The predicted octanol–water partition coefficient (Wildman–Crippen LogP) is 22.4. The molecule has 4 saturated heterocycles. The van der Waals surface area contributed by atoms with E-state index in [0.717, 1.165) is 127 Å². The number of benzene rings is 8. The number of nitrogens with two attached hydrogens (primary N) is 1. The maximum Gasteiger partial charge on any atom is 0.246 e. The Morgan fingerprint density at radius 1 is 0.437 bits per heavy atom. The minimum atomic E-state index is -0.509. The van der Waals surface area contributed by atoms with E-state index < -0.39 is 5.24 Å². The van der Waals surface area contributed by atoms with E-state index in [1.807, 2.05) is 96.3 Å². The lowest BCUT2D eigenvalue weighted by Gasteiger charge is -2.36. The Labute approximate surface area is 778 Å². The molecule has 12 aliphatic rings. The number of ether oxygens (including phenoxy) is 8. The first-order valence-electron chi connectivity index (χ1n) is 40.7. The second kappa shape index (κ2) is 39.7. The van der Waals surface area contributed by atoms with Crippen LogP contribution in [0.4, 0.5) is 11.9 Å². The van der Waals surface area contributed by atoms with E-state index >= 15 is 0 Å². The van der Waals surface area contributed by atoms with Crippen LogP contribution >= 0.6 is 116 Å². The van der Waals surface area contributed by atoms with Gasteiger partial charge in [0.2, 0.25) is 28.3 Å². The molecule has 656 valence electrons. The van der Waals surface area contributed by atoms with E-state index in [9.17, 15) is 9.59 Å². The number of nitrogens with one attached hydrogen (secondary N) is 3. The quantitative estimate of drug-likeness (QED) is 0.0313. The van der Waals surface area contributed by atoms with Gasteiger partial charge in [0.15, 0.2) is 0 Å². The maximum absolute atomic E-state index is 12.0. The van der Waals surface area contributed by atoms with Crippen LogP contribution in [0.3, 0.4) is 0 Å². The Hall–Kier alpha value is -9.44. The van der Waals surface area contributed by atoms with Gasteiger partial charge >= 0.3 is 0 Å². The molecule has 4 aromatic heterocycles. The molecule has 12 fully saturated rings. The Bertz CT molecular complexity index is 5870. The zero-order valence-electron chi connectivity index (χ0n) is 69.8. The summed E-state index contributed by atoms with van der Waals surface area (Å²) in [6.45, 7) is 8.58. The van der Waals surface area contributed by atoms with Crippen LogP contribution in [-0.4, -0.2) is 156 Å². The number of rotatable bonds is 20. The van der Waals surface area contributed by atoms with Crippen molar-refractivity contribution in [3.8, 4) is 90.5 Å². The number of anilines is 2. The summed E-state index contributed by atoms with van der Waals surface area (Å²) < 4.78 is 42.9. The summed E-state index contributed by atoms with van der Waals surface area (Å²) in [5.41, 5.74) is 14.9. The van der Waals surface area contributed by atoms with Gasteiger partial charge in [-0.25, -0.2) is 39.9 Å². The number of nitrogens with zero attached hydrogens (tertiary/aromatic N) is 9. The largest absolute Gasteiger partial charge is 0.495 e. The topological polar surface area (TPSA) is 276 Å². The zero-order chi connectivity index (χ0) is 89.2. The Balaban J connectivity index is 0.000000124. The van der Waals surface area contributed by atoms with Gasteiger partial charge in [-0.2, -0.15) is 0 Å². The molecule has 0 spiro atoms. The second-order valence-electron chi connectivity index (χ2n) is 31.8. The van der Waals surface area contributed by atoms with E-state index in [1.165, 1.54) is 65.2 Å². The van der Waals surface area contributed by atoms with Crippen molar-refractivity contribution in [1.29, 1.82) is 0 Å². The van der Waals surface area contributed by atoms with Crippen molar-refractivity contribution in [1.82, 2.24) is 50.1 Å². The molecule has 12 aromatic rings. The first-order valence-corrected chi connectivity index (χ1v) is 44.5. The fourth-order valence-corrected chi connectivity index (χ4v) is 21.3. The van der Waals surface area contributed by atoms with Crippen molar-refractivity contribution in [3.63, 3.8) is 0 Å². The van der Waals surface area contributed by atoms with Crippen molar-refractivity contribution in [2.24, 2.45) is 47.2 Å². The van der Waals surface area contributed by atoms with Gasteiger partial charge in [-0.15, -0.1) is 0 Å². The van der Waals surface area contributed by atoms with Gasteiger partial charge in [0.1, 0.15) is 51.8 Å². The number of methoxy groups -OCH3 is 8. The number of carbonyl (C=O) groups is 2. The number of aromatic nitrogens is 8. The van der Waals surface area contributed by atoms with Crippen molar-refractivity contribution in [3.05, 3.63) is 198 Å². The van der Waals surface area contributed by atoms with Crippen LogP contribution in [0, 0.1) is 41.4 Å². The first kappa shape index (κ1) is 91.3. The second-order valence-corrected chi connectivity index (χ2v) is 35.5. The minimum Gasteiger partial charge on any atom is -0.495 e. The monoisotopic (exact) mass is 1900 g/mol. The van der Waals surface area contributed by atoms with Crippen LogP contribution in [-0.2, 0) is 16.0 Å². The lowest BCUT2D eigenvalue weighted by molar-refractivity contribution is -0.126. The molecule has 12 atom stereocenters. The standard InChI is InChI=1S/C25H23Cl2N3O3.C22H21Cl2N3O2.C21H20Cl2N4O2.C16H11Cl3N2O2.C6H11N.C3H3ClO/c1-4-22(31)30-12-15-8-18(30)16(15)9-21-28-11-14-7-13(5-6-17(14)29-21)23-24(26)19(32-2)10-20(33-3)25(23)27;1-28-16-9-17(29-2)20(24)18(19(16)23)11-5-6-15-14(7-11)10-25-22(26-15)27-21-12-3-4-13(21)8-12;1-28-15-7-16(29-2)19(23)17(18(15)22)10-3-4-13-11(5-10)8-25-21(26-13)27-20-12-6-14(20)24-9-12;1-22-11-6-12(23-2)15(18)13(14(11)17)8-3-4-10-9(5-8)7-20-16(19)21-10;7-6-4-1-2-5(6)3-4;1-2-3(4)5/h4-7,10-11,15-16,18H,1,8-9,12H2,2-3H3;5-7,9-10,12-13,21H,3-4,8H2,1-2H3,(H,25,26,27);3-5,7-8,12,14,20,24H,6,9H2,1-2H3,(H,25,26,27);3-7H,1-2H3;4-6H,1-3,7H2;2H,1H2/t15-,16+,18-;12-,13+,21?;12-,14-,20+;;4-,5+,6?;/m0.0.../s1. The third kappa shape index (κ3) is 18.6. The van der Waals surface area contributed by atoms with Crippen molar-refractivity contribution < 1.29 is 47.5 Å². The summed E-state index contributed by atoms with van der Waals surface area (Å²) in [7, 11) is 12.4. The normalized spacial score (nSPS) is 21.2. The molecular weight excluding hydrogens is 1810 g/mol. The summed E-state index contributed by atoms with van der Waals surface area (Å²) in [4.78, 5) is 59.4. The van der Waals surface area contributed by atoms with Crippen molar-refractivity contribution in [2.75, 3.05) is 80.6 Å². The molecule has 23 nitrogen and oxygen atoms in total. The molecule has 33 heteroatoms. The maximum atomic E-state index is 12.0. The van der Waals surface area contributed by atoms with Gasteiger partial charge in [0.05, 0.1) is 119 Å². The summed E-state index contributed by atoms with van der Waals surface area (Å²) in [6.07, 6.45) is 20.9. The smallest absolute Gasteiger partial charge is 0.246 e. The zero-order valence-corrected chi connectivity index (χ0v) is 77.3. The molecule has 8 heterocycles. The summed E-state index contributed by atoms with van der Waals surface area (Å²) in [5, 5.41) is 17.1. The minimum absolute atomic E-state index is 0.0171.